The average molecular weight is 393 g/mol. The van der Waals surface area contributed by atoms with Crippen molar-refractivity contribution in [2.24, 2.45) is 5.92 Å². The molecule has 4 rings (SSSR count). The van der Waals surface area contributed by atoms with Crippen LogP contribution in [0, 0.1) is 18.7 Å². The van der Waals surface area contributed by atoms with Crippen LogP contribution in [0.4, 0.5) is 10.1 Å². The zero-order valence-electron chi connectivity index (χ0n) is 16.5. The zero-order chi connectivity index (χ0) is 20.5. The molecule has 3 N–H and O–H groups in total. The van der Waals surface area contributed by atoms with E-state index in [0.717, 1.165) is 46.3 Å². The molecule has 1 saturated carbocycles. The summed E-state index contributed by atoms with van der Waals surface area (Å²) in [5.74, 6) is -0.212. The first-order valence-electron chi connectivity index (χ1n) is 9.87. The van der Waals surface area contributed by atoms with Gasteiger partial charge in [-0.3, -0.25) is 9.59 Å². The lowest BCUT2D eigenvalue weighted by Crippen LogP contribution is -2.28. The second kappa shape index (κ2) is 7.70. The normalized spacial score (nSPS) is 14.6. The van der Waals surface area contributed by atoms with Crippen molar-refractivity contribution in [2.45, 2.75) is 39.2 Å². The second-order valence-corrected chi connectivity index (χ2v) is 7.77. The van der Waals surface area contributed by atoms with Crippen LogP contribution in [0.15, 0.2) is 42.5 Å². The molecule has 6 heteroatoms. The van der Waals surface area contributed by atoms with E-state index in [9.17, 15) is 14.0 Å². The number of anilines is 1. The van der Waals surface area contributed by atoms with Gasteiger partial charge in [-0.2, -0.15) is 0 Å². The molecule has 0 bridgehead atoms. The third-order valence-corrected chi connectivity index (χ3v) is 5.42. The van der Waals surface area contributed by atoms with Gasteiger partial charge in [-0.15, -0.1) is 0 Å². The summed E-state index contributed by atoms with van der Waals surface area (Å²) in [5, 5.41) is 6.64. The third-order valence-electron chi connectivity index (χ3n) is 5.42. The number of rotatable bonds is 6. The van der Waals surface area contributed by atoms with E-state index in [4.69, 9.17) is 0 Å². The number of aryl methyl sites for hydroxylation is 1. The number of carbonyl (C=O) groups excluding carboxylic acids is 2. The molecule has 2 amide bonds. The maximum absolute atomic E-state index is 13.6. The summed E-state index contributed by atoms with van der Waals surface area (Å²) in [4.78, 5) is 27.6. The number of aromatic amines is 1. The lowest BCUT2D eigenvalue weighted by molar-refractivity contribution is -0.121. The minimum absolute atomic E-state index is 0.0737. The summed E-state index contributed by atoms with van der Waals surface area (Å²) in [6, 6.07) is 11.9. The highest BCUT2D eigenvalue weighted by atomic mass is 19.1. The summed E-state index contributed by atoms with van der Waals surface area (Å²) in [7, 11) is 0. The fourth-order valence-corrected chi connectivity index (χ4v) is 3.56. The average Bonchev–Trinajstić information content (AvgIpc) is 3.49. The van der Waals surface area contributed by atoms with Crippen molar-refractivity contribution in [1.29, 1.82) is 0 Å². The Morgan fingerprint density at radius 3 is 2.59 bits per heavy atom. The Morgan fingerprint density at radius 2 is 1.90 bits per heavy atom. The highest BCUT2D eigenvalue weighted by Gasteiger charge is 2.29. The molecule has 1 atom stereocenters. The van der Waals surface area contributed by atoms with Crippen molar-refractivity contribution in [2.75, 3.05) is 5.32 Å². The molecule has 5 nitrogen and oxygen atoms in total. The second-order valence-electron chi connectivity index (χ2n) is 7.77. The van der Waals surface area contributed by atoms with Crippen LogP contribution in [-0.4, -0.2) is 16.8 Å². The number of hydrogen-bond donors (Lipinski definition) is 3. The van der Waals surface area contributed by atoms with Gasteiger partial charge in [0.15, 0.2) is 0 Å². The largest absolute Gasteiger partial charge is 0.358 e. The van der Waals surface area contributed by atoms with E-state index in [1.54, 1.807) is 6.07 Å². The topological polar surface area (TPSA) is 74.0 Å². The predicted molar refractivity (Wildman–Crippen MR) is 111 cm³/mol. The third kappa shape index (κ3) is 4.31. The van der Waals surface area contributed by atoms with Crippen molar-refractivity contribution in [3.05, 3.63) is 65.1 Å². The Bertz CT molecular complexity index is 1070. The quantitative estimate of drug-likeness (QED) is 0.581. The summed E-state index contributed by atoms with van der Waals surface area (Å²) in [6.45, 7) is 3.80. The summed E-state index contributed by atoms with van der Waals surface area (Å²) in [6.07, 6.45) is 2.11. The number of hydrogen-bond acceptors (Lipinski definition) is 2. The van der Waals surface area contributed by atoms with E-state index in [1.807, 2.05) is 38.1 Å². The molecule has 0 aliphatic heterocycles. The maximum Gasteiger partial charge on any atom is 0.227 e. The Labute approximate surface area is 168 Å². The van der Waals surface area contributed by atoms with Gasteiger partial charge >= 0.3 is 0 Å². The van der Waals surface area contributed by atoms with E-state index in [0.29, 0.717) is 0 Å². The van der Waals surface area contributed by atoms with Crippen molar-refractivity contribution in [3.63, 3.8) is 0 Å². The molecule has 1 aliphatic rings. The Morgan fingerprint density at radius 1 is 1.17 bits per heavy atom. The molecule has 0 saturated heterocycles. The van der Waals surface area contributed by atoms with Crippen molar-refractivity contribution in [1.82, 2.24) is 10.3 Å². The summed E-state index contributed by atoms with van der Waals surface area (Å²) < 4.78 is 13.6. The molecule has 0 spiro atoms. The van der Waals surface area contributed by atoms with Crippen LogP contribution in [0.5, 0.6) is 0 Å². The highest BCUT2D eigenvalue weighted by molar-refractivity contribution is 5.94. The van der Waals surface area contributed by atoms with E-state index >= 15 is 0 Å². The standard InChI is InChI=1S/C23H24FN3O2/c1-13(15-5-8-18(9-6-15)27-23(29)16-3-4-16)26-22(28)12-19-14(2)25-21-10-7-17(24)11-20(19)21/h5-11,13,16,25H,3-4,12H2,1-2H3,(H,26,28)(H,27,29). The lowest BCUT2D eigenvalue weighted by Gasteiger charge is -2.15. The predicted octanol–water partition coefficient (Wildman–Crippen LogP) is 4.38. The summed E-state index contributed by atoms with van der Waals surface area (Å²) >= 11 is 0. The highest BCUT2D eigenvalue weighted by Crippen LogP contribution is 2.30. The SMILES string of the molecule is Cc1[nH]c2ccc(F)cc2c1CC(=O)NC(C)c1ccc(NC(=O)C2CC2)cc1. The molecule has 2 aromatic carbocycles. The van der Waals surface area contributed by atoms with E-state index in [2.05, 4.69) is 15.6 Å². The molecular formula is C23H24FN3O2. The van der Waals surface area contributed by atoms with Crippen LogP contribution in [0.2, 0.25) is 0 Å². The molecule has 1 unspecified atom stereocenters. The van der Waals surface area contributed by atoms with Crippen molar-refractivity contribution < 1.29 is 14.0 Å². The number of H-pyrrole nitrogens is 1. The van der Waals surface area contributed by atoms with Crippen LogP contribution in [0.3, 0.4) is 0 Å². The fourth-order valence-electron chi connectivity index (χ4n) is 3.56. The number of benzene rings is 2. The first kappa shape index (κ1) is 19.2. The first-order chi connectivity index (χ1) is 13.9. The molecule has 3 aromatic rings. The number of nitrogens with one attached hydrogen (secondary N) is 3. The molecule has 1 fully saturated rings. The zero-order valence-corrected chi connectivity index (χ0v) is 16.5. The van der Waals surface area contributed by atoms with Crippen molar-refractivity contribution in [3.8, 4) is 0 Å². The van der Waals surface area contributed by atoms with Gasteiger partial charge in [0.05, 0.1) is 12.5 Å². The van der Waals surface area contributed by atoms with Crippen LogP contribution < -0.4 is 10.6 Å². The number of fused-ring (bicyclic) bond motifs is 1. The van der Waals surface area contributed by atoms with Gasteiger partial charge in [-0.25, -0.2) is 4.39 Å². The Kier molecular flexibility index (Phi) is 5.09. The minimum Gasteiger partial charge on any atom is -0.358 e. The van der Waals surface area contributed by atoms with Crippen LogP contribution in [0.1, 0.15) is 42.6 Å². The van der Waals surface area contributed by atoms with Crippen LogP contribution >= 0.6 is 0 Å². The molecule has 1 aliphatic carbocycles. The molecular weight excluding hydrogens is 369 g/mol. The molecule has 1 heterocycles. The molecule has 29 heavy (non-hydrogen) atoms. The van der Waals surface area contributed by atoms with Gasteiger partial charge in [0.2, 0.25) is 11.8 Å². The van der Waals surface area contributed by atoms with Gasteiger partial charge < -0.3 is 15.6 Å². The Balaban J connectivity index is 1.40. The van der Waals surface area contributed by atoms with Gasteiger partial charge in [-0.05, 0) is 68.1 Å². The number of amides is 2. The van der Waals surface area contributed by atoms with Gasteiger partial charge in [0.25, 0.3) is 0 Å². The van der Waals surface area contributed by atoms with E-state index < -0.39 is 0 Å². The lowest BCUT2D eigenvalue weighted by atomic mass is 10.1. The fraction of sp³-hybridized carbons (Fsp3) is 0.304. The van der Waals surface area contributed by atoms with Crippen molar-refractivity contribution >= 4 is 28.4 Å². The van der Waals surface area contributed by atoms with Crippen LogP contribution in [0.25, 0.3) is 10.9 Å². The number of halogens is 1. The minimum atomic E-state index is -0.319. The maximum atomic E-state index is 13.6. The number of aromatic nitrogens is 1. The first-order valence-corrected chi connectivity index (χ1v) is 9.87. The Hall–Kier alpha value is -3.15. The molecule has 150 valence electrons. The number of carbonyl (C=O) groups is 2. The monoisotopic (exact) mass is 393 g/mol. The van der Waals surface area contributed by atoms with Gasteiger partial charge in [0, 0.05) is 28.2 Å². The smallest absolute Gasteiger partial charge is 0.227 e. The van der Waals surface area contributed by atoms with Gasteiger partial charge in [-0.1, -0.05) is 12.1 Å². The molecule has 1 aromatic heterocycles. The summed E-state index contributed by atoms with van der Waals surface area (Å²) in [5.41, 5.74) is 4.21. The van der Waals surface area contributed by atoms with Gasteiger partial charge in [0.1, 0.15) is 5.82 Å². The van der Waals surface area contributed by atoms with E-state index in [1.165, 1.54) is 12.1 Å². The molecule has 0 radical (unpaired) electrons. The van der Waals surface area contributed by atoms with Crippen LogP contribution in [-0.2, 0) is 16.0 Å². The van der Waals surface area contributed by atoms with E-state index in [-0.39, 0.29) is 36.0 Å².